The molecule has 0 heterocycles. The van der Waals surface area contributed by atoms with Crippen LogP contribution in [-0.2, 0) is 14.3 Å². The predicted molar refractivity (Wildman–Crippen MR) is 142 cm³/mol. The second kappa shape index (κ2) is 12.0. The fraction of sp³-hybridized carbons (Fsp3) is 0.400. The van der Waals surface area contributed by atoms with Gasteiger partial charge in [-0.05, 0) is 27.8 Å². The molecule has 0 aliphatic heterocycles. The minimum Gasteiger partial charge on any atom is -0.496 e. The monoisotopic (exact) mass is 488 g/mol. The Hall–Kier alpha value is -3.40. The molecule has 2 atom stereocenters. The molecule has 0 bridgehead atoms. The van der Waals surface area contributed by atoms with Crippen molar-refractivity contribution >= 4 is 16.7 Å². The van der Waals surface area contributed by atoms with Crippen molar-refractivity contribution in [1.29, 1.82) is 5.26 Å². The van der Waals surface area contributed by atoms with Gasteiger partial charge in [-0.2, -0.15) is 5.26 Å². The lowest BCUT2D eigenvalue weighted by Crippen LogP contribution is -2.49. The van der Waals surface area contributed by atoms with Crippen molar-refractivity contribution in [3.8, 4) is 11.8 Å². The number of hydrogen-bond donors (Lipinski definition) is 1. The van der Waals surface area contributed by atoms with Gasteiger partial charge in [0.05, 0.1) is 33.0 Å². The topological polar surface area (TPSA) is 80.6 Å². The van der Waals surface area contributed by atoms with Crippen molar-refractivity contribution in [3.05, 3.63) is 77.9 Å². The van der Waals surface area contributed by atoms with E-state index in [0.717, 1.165) is 21.9 Å². The van der Waals surface area contributed by atoms with Crippen LogP contribution in [0.3, 0.4) is 0 Å². The highest BCUT2D eigenvalue weighted by molar-refractivity contribution is 5.92. The van der Waals surface area contributed by atoms with Gasteiger partial charge in [0.15, 0.2) is 5.41 Å². The number of hydrogen-bond acceptors (Lipinski definition) is 5. The van der Waals surface area contributed by atoms with E-state index in [4.69, 9.17) is 14.2 Å². The Morgan fingerprint density at radius 1 is 0.944 bits per heavy atom. The van der Waals surface area contributed by atoms with E-state index in [1.807, 2.05) is 87.5 Å². The van der Waals surface area contributed by atoms with Crippen molar-refractivity contribution in [2.45, 2.75) is 26.7 Å². The van der Waals surface area contributed by atoms with E-state index >= 15 is 0 Å². The number of amides is 1. The minimum atomic E-state index is -1.57. The van der Waals surface area contributed by atoms with Crippen LogP contribution in [0.4, 0.5) is 0 Å². The average Bonchev–Trinajstić information content (AvgIpc) is 2.88. The van der Waals surface area contributed by atoms with Gasteiger partial charge >= 0.3 is 0 Å². The van der Waals surface area contributed by atoms with Gasteiger partial charge in [0.25, 0.3) is 0 Å². The molecule has 0 aliphatic rings. The number of methoxy groups -OCH3 is 2. The highest BCUT2D eigenvalue weighted by Gasteiger charge is 2.50. The van der Waals surface area contributed by atoms with Gasteiger partial charge in [0, 0.05) is 25.1 Å². The lowest BCUT2D eigenvalue weighted by Gasteiger charge is -2.36. The van der Waals surface area contributed by atoms with Crippen LogP contribution in [0, 0.1) is 22.2 Å². The Kier molecular flexibility index (Phi) is 9.08. The zero-order chi connectivity index (χ0) is 26.2. The van der Waals surface area contributed by atoms with Gasteiger partial charge < -0.3 is 19.5 Å². The van der Waals surface area contributed by atoms with E-state index in [9.17, 15) is 10.1 Å². The van der Waals surface area contributed by atoms with Gasteiger partial charge in [0.2, 0.25) is 5.91 Å². The second-order valence-electron chi connectivity index (χ2n) is 10.1. The first-order chi connectivity index (χ1) is 17.3. The molecule has 3 rings (SSSR count). The van der Waals surface area contributed by atoms with Crippen LogP contribution in [0.1, 0.15) is 37.8 Å². The van der Waals surface area contributed by atoms with E-state index in [1.165, 1.54) is 0 Å². The van der Waals surface area contributed by atoms with Gasteiger partial charge in [-0.25, -0.2) is 0 Å². The largest absolute Gasteiger partial charge is 0.496 e. The van der Waals surface area contributed by atoms with Crippen LogP contribution in [0.25, 0.3) is 10.8 Å². The molecule has 1 N–H and O–H groups in total. The normalized spacial score (nSPS) is 14.0. The third-order valence-corrected chi connectivity index (χ3v) is 6.22. The summed E-state index contributed by atoms with van der Waals surface area (Å²) >= 11 is 0. The number of carbonyl (C=O) groups is 1. The fourth-order valence-electron chi connectivity index (χ4n) is 4.41. The molecule has 6 heteroatoms. The summed E-state index contributed by atoms with van der Waals surface area (Å²) in [6, 6.07) is 23.9. The number of nitrogens with one attached hydrogen (secondary N) is 1. The summed E-state index contributed by atoms with van der Waals surface area (Å²) in [6.07, 6.45) is 0. The molecule has 3 aromatic carbocycles. The van der Waals surface area contributed by atoms with Gasteiger partial charge in [-0.3, -0.25) is 4.79 Å². The highest BCUT2D eigenvalue weighted by atomic mass is 16.5. The van der Waals surface area contributed by atoms with Crippen molar-refractivity contribution in [3.63, 3.8) is 0 Å². The average molecular weight is 489 g/mol. The number of ether oxygens (including phenoxy) is 3. The van der Waals surface area contributed by atoms with E-state index in [2.05, 4.69) is 11.4 Å². The van der Waals surface area contributed by atoms with Crippen LogP contribution in [0.5, 0.6) is 5.75 Å². The van der Waals surface area contributed by atoms with Crippen molar-refractivity contribution in [2.24, 2.45) is 10.8 Å². The Morgan fingerprint density at radius 2 is 1.61 bits per heavy atom. The molecule has 36 heavy (non-hydrogen) atoms. The first kappa shape index (κ1) is 27.2. The molecule has 0 fully saturated rings. The van der Waals surface area contributed by atoms with Crippen LogP contribution in [-0.4, -0.2) is 46.5 Å². The fourth-order valence-corrected chi connectivity index (χ4v) is 4.41. The first-order valence-corrected chi connectivity index (χ1v) is 12.1. The predicted octanol–water partition coefficient (Wildman–Crippen LogP) is 5.32. The molecule has 0 saturated heterocycles. The Balaban J connectivity index is 2.28. The summed E-state index contributed by atoms with van der Waals surface area (Å²) in [6.45, 7) is 7.06. The highest BCUT2D eigenvalue weighted by Crippen LogP contribution is 2.47. The lowest BCUT2D eigenvalue weighted by atomic mass is 9.68. The Morgan fingerprint density at radius 3 is 2.31 bits per heavy atom. The molecule has 0 aliphatic carbocycles. The third kappa shape index (κ3) is 6.04. The maximum atomic E-state index is 14.0. The molecular formula is C30H36N2O4. The maximum absolute atomic E-state index is 14.0. The number of nitrogens with zero attached hydrogens (tertiary/aromatic N) is 1. The molecule has 0 radical (unpaired) electrons. The zero-order valence-electron chi connectivity index (χ0n) is 21.8. The molecule has 0 spiro atoms. The number of carbonyl (C=O) groups excluding carboxylic acids is 1. The summed E-state index contributed by atoms with van der Waals surface area (Å²) in [5.41, 5.74) is -0.121. The molecular weight excluding hydrogens is 452 g/mol. The zero-order valence-corrected chi connectivity index (χ0v) is 21.8. The van der Waals surface area contributed by atoms with Gasteiger partial charge in [-0.15, -0.1) is 0 Å². The quantitative estimate of drug-likeness (QED) is 0.370. The maximum Gasteiger partial charge on any atom is 0.243 e. The van der Waals surface area contributed by atoms with Crippen molar-refractivity contribution < 1.29 is 19.0 Å². The molecule has 190 valence electrons. The molecule has 2 unspecified atom stereocenters. The number of fused-ring (bicyclic) bond motifs is 1. The standard InChI is InChI=1S/C30H36N2O4/c1-29(2,3)20-32-28(33)30(19-31,21-36-18-17-34-4)27(25-14-8-9-16-26(25)35-5)24-15-10-12-22-11-6-7-13-23(22)24/h6-16,27H,17-18,20-21H2,1-5H3,(H,32,33). The number of rotatable bonds is 11. The first-order valence-electron chi connectivity index (χ1n) is 12.1. The van der Waals surface area contributed by atoms with E-state index in [1.54, 1.807) is 14.2 Å². The van der Waals surface area contributed by atoms with Crippen LogP contribution >= 0.6 is 0 Å². The lowest BCUT2D eigenvalue weighted by molar-refractivity contribution is -0.132. The molecule has 6 nitrogen and oxygen atoms in total. The van der Waals surface area contributed by atoms with Crippen LogP contribution in [0.15, 0.2) is 66.7 Å². The van der Waals surface area contributed by atoms with Gasteiger partial charge in [0.1, 0.15) is 5.75 Å². The second-order valence-corrected chi connectivity index (χ2v) is 10.1. The molecule has 3 aromatic rings. The van der Waals surface area contributed by atoms with Crippen molar-refractivity contribution in [2.75, 3.05) is 40.6 Å². The van der Waals surface area contributed by atoms with Crippen molar-refractivity contribution in [1.82, 2.24) is 5.32 Å². The van der Waals surface area contributed by atoms with E-state index < -0.39 is 11.3 Å². The number of para-hydroxylation sites is 1. The summed E-state index contributed by atoms with van der Waals surface area (Å²) in [5, 5.41) is 15.8. The number of benzene rings is 3. The summed E-state index contributed by atoms with van der Waals surface area (Å²) in [7, 11) is 3.19. The summed E-state index contributed by atoms with van der Waals surface area (Å²) in [4.78, 5) is 14.0. The van der Waals surface area contributed by atoms with E-state index in [-0.39, 0.29) is 24.5 Å². The van der Waals surface area contributed by atoms with Crippen LogP contribution < -0.4 is 10.1 Å². The molecule has 1 amide bonds. The number of nitriles is 1. The molecule has 0 aromatic heterocycles. The minimum absolute atomic E-state index is 0.102. The summed E-state index contributed by atoms with van der Waals surface area (Å²) < 4.78 is 16.8. The molecule has 0 saturated carbocycles. The van der Waals surface area contributed by atoms with Crippen LogP contribution in [0.2, 0.25) is 0 Å². The SMILES string of the molecule is COCCOCC(C#N)(C(=O)NCC(C)(C)C)C(c1ccccc1OC)c1cccc2ccccc12. The smallest absolute Gasteiger partial charge is 0.243 e. The van der Waals surface area contributed by atoms with E-state index in [0.29, 0.717) is 18.9 Å². The Bertz CT molecular complexity index is 1210. The summed E-state index contributed by atoms with van der Waals surface area (Å²) in [5.74, 6) is -0.427. The van der Waals surface area contributed by atoms with Gasteiger partial charge in [-0.1, -0.05) is 81.4 Å². The Labute approximate surface area is 214 Å². The third-order valence-electron chi connectivity index (χ3n) is 6.22.